The van der Waals surface area contributed by atoms with Gasteiger partial charge in [0.25, 0.3) is 0 Å². The predicted molar refractivity (Wildman–Crippen MR) is 55.7 cm³/mol. The quantitative estimate of drug-likeness (QED) is 0.690. The third-order valence-corrected chi connectivity index (χ3v) is 4.34. The summed E-state index contributed by atoms with van der Waals surface area (Å²) in [6, 6.07) is 0. The number of nitrogens with zero attached hydrogens (tertiary/aromatic N) is 1. The van der Waals surface area contributed by atoms with Crippen molar-refractivity contribution in [1.29, 1.82) is 0 Å². The highest BCUT2D eigenvalue weighted by molar-refractivity contribution is 8.00. The number of halogens is 1. The van der Waals surface area contributed by atoms with Crippen LogP contribution in [0.25, 0.3) is 0 Å². The Labute approximate surface area is 83.4 Å². The zero-order valence-electron chi connectivity index (χ0n) is 8.05. The van der Waals surface area contributed by atoms with Crippen LogP contribution in [0.1, 0.15) is 19.3 Å². The number of thioether (sulfide) groups is 1. The molecule has 2 aliphatic rings. The fraction of sp³-hybridized carbons (Fsp3) is 0.800. The van der Waals surface area contributed by atoms with E-state index in [1.165, 1.54) is 12.8 Å². The molecule has 0 atom stereocenters. The monoisotopic (exact) mass is 201 g/mol. The van der Waals surface area contributed by atoms with Gasteiger partial charge in [0.05, 0.1) is 0 Å². The van der Waals surface area contributed by atoms with E-state index in [-0.39, 0.29) is 5.83 Å². The second-order valence-corrected chi connectivity index (χ2v) is 5.31. The van der Waals surface area contributed by atoms with E-state index >= 15 is 0 Å². The Bertz CT molecular complexity index is 223. The average molecular weight is 201 g/mol. The molecule has 3 heteroatoms. The van der Waals surface area contributed by atoms with E-state index < -0.39 is 0 Å². The Morgan fingerprint density at radius 3 is 2.92 bits per heavy atom. The lowest BCUT2D eigenvalue weighted by Gasteiger charge is -2.27. The van der Waals surface area contributed by atoms with Crippen LogP contribution in [0.2, 0.25) is 0 Å². The van der Waals surface area contributed by atoms with Gasteiger partial charge in [-0.1, -0.05) is 6.08 Å². The van der Waals surface area contributed by atoms with Crippen molar-refractivity contribution in [2.45, 2.75) is 24.0 Å². The molecular weight excluding hydrogens is 185 g/mol. The molecule has 0 radical (unpaired) electrons. The number of rotatable bonds is 3. The van der Waals surface area contributed by atoms with Gasteiger partial charge in [0.15, 0.2) is 0 Å². The molecule has 2 rings (SSSR count). The number of hydrogen-bond donors (Lipinski definition) is 0. The lowest BCUT2D eigenvalue weighted by molar-refractivity contribution is 0.264. The Hall–Kier alpha value is -0.0200. The fourth-order valence-corrected chi connectivity index (χ4v) is 2.69. The summed E-state index contributed by atoms with van der Waals surface area (Å²) in [5.41, 5.74) is 0. The minimum absolute atomic E-state index is 0.0585. The molecule has 0 spiro atoms. The third kappa shape index (κ3) is 2.26. The fourth-order valence-electron chi connectivity index (χ4n) is 1.87. The van der Waals surface area contributed by atoms with E-state index in [0.29, 0.717) is 11.3 Å². The molecule has 0 aromatic rings. The highest BCUT2D eigenvalue weighted by atomic mass is 32.2. The Morgan fingerprint density at radius 2 is 2.38 bits per heavy atom. The Morgan fingerprint density at radius 1 is 1.62 bits per heavy atom. The molecule has 1 aliphatic heterocycles. The van der Waals surface area contributed by atoms with Crippen LogP contribution in [0.5, 0.6) is 0 Å². The van der Waals surface area contributed by atoms with Gasteiger partial charge >= 0.3 is 0 Å². The van der Waals surface area contributed by atoms with Gasteiger partial charge in [0, 0.05) is 24.4 Å². The van der Waals surface area contributed by atoms with Gasteiger partial charge in [-0.05, 0) is 25.5 Å². The summed E-state index contributed by atoms with van der Waals surface area (Å²) in [6.07, 6.45) is 7.40. The van der Waals surface area contributed by atoms with Crippen LogP contribution in [0.4, 0.5) is 4.39 Å². The smallest absolute Gasteiger partial charge is 0.110 e. The summed E-state index contributed by atoms with van der Waals surface area (Å²) in [6.45, 7) is 2.66. The van der Waals surface area contributed by atoms with Crippen molar-refractivity contribution >= 4 is 11.8 Å². The summed E-state index contributed by atoms with van der Waals surface area (Å²) in [7, 11) is 0. The van der Waals surface area contributed by atoms with E-state index in [1.54, 1.807) is 6.08 Å². The minimum atomic E-state index is 0.0585. The lowest BCUT2D eigenvalue weighted by atomic mass is 10.2. The maximum atomic E-state index is 12.9. The van der Waals surface area contributed by atoms with E-state index in [9.17, 15) is 4.39 Å². The molecule has 0 aromatic heterocycles. The maximum absolute atomic E-state index is 12.9. The van der Waals surface area contributed by atoms with Crippen LogP contribution in [0.15, 0.2) is 11.9 Å². The van der Waals surface area contributed by atoms with Crippen molar-refractivity contribution in [3.8, 4) is 0 Å². The van der Waals surface area contributed by atoms with Crippen molar-refractivity contribution in [2.75, 3.05) is 25.9 Å². The van der Waals surface area contributed by atoms with E-state index in [1.807, 2.05) is 11.8 Å². The maximum Gasteiger partial charge on any atom is 0.110 e. The van der Waals surface area contributed by atoms with Crippen LogP contribution < -0.4 is 0 Å². The van der Waals surface area contributed by atoms with Gasteiger partial charge in [-0.25, -0.2) is 4.39 Å². The second kappa shape index (κ2) is 3.62. The van der Waals surface area contributed by atoms with Crippen LogP contribution in [-0.4, -0.2) is 35.5 Å². The molecule has 0 unspecified atom stereocenters. The van der Waals surface area contributed by atoms with Crippen LogP contribution >= 0.6 is 11.8 Å². The highest BCUT2D eigenvalue weighted by Crippen LogP contribution is 2.47. The second-order valence-electron chi connectivity index (χ2n) is 4.04. The molecule has 0 amide bonds. The van der Waals surface area contributed by atoms with Gasteiger partial charge in [-0.15, -0.1) is 0 Å². The highest BCUT2D eigenvalue weighted by Gasteiger charge is 2.43. The normalized spacial score (nSPS) is 27.1. The van der Waals surface area contributed by atoms with Crippen molar-refractivity contribution in [3.63, 3.8) is 0 Å². The molecule has 0 aromatic carbocycles. The average Bonchev–Trinajstić information content (AvgIpc) is 2.86. The number of hydrogen-bond acceptors (Lipinski definition) is 2. The standard InChI is InChI=1S/C10H16FNS/c1-13-10(4-5-10)8-12-6-2-3-9(11)7-12/h3H,2,4-8H2,1H3. The summed E-state index contributed by atoms with van der Waals surface area (Å²) >= 11 is 1.95. The first-order chi connectivity index (χ1) is 6.24. The molecular formula is C10H16FNS. The first-order valence-electron chi connectivity index (χ1n) is 4.86. The molecule has 0 saturated heterocycles. The lowest BCUT2D eigenvalue weighted by Crippen LogP contribution is -2.35. The van der Waals surface area contributed by atoms with Crippen LogP contribution in [-0.2, 0) is 0 Å². The van der Waals surface area contributed by atoms with Gasteiger partial charge in [0.2, 0.25) is 0 Å². The Balaban J connectivity index is 1.85. The molecule has 74 valence electrons. The van der Waals surface area contributed by atoms with E-state index in [4.69, 9.17) is 0 Å². The predicted octanol–water partition coefficient (Wildman–Crippen LogP) is 2.44. The largest absolute Gasteiger partial charge is 0.295 e. The van der Waals surface area contributed by atoms with Crippen molar-refractivity contribution < 1.29 is 4.39 Å². The zero-order chi connectivity index (χ0) is 9.31. The molecule has 13 heavy (non-hydrogen) atoms. The van der Waals surface area contributed by atoms with Crippen molar-refractivity contribution in [1.82, 2.24) is 4.90 Å². The summed E-state index contributed by atoms with van der Waals surface area (Å²) in [5, 5.41) is 0. The van der Waals surface area contributed by atoms with Crippen LogP contribution in [0, 0.1) is 0 Å². The zero-order valence-corrected chi connectivity index (χ0v) is 8.87. The SMILES string of the molecule is CSC1(CN2CCC=C(F)C2)CC1. The van der Waals surface area contributed by atoms with Crippen molar-refractivity contribution in [3.05, 3.63) is 11.9 Å². The van der Waals surface area contributed by atoms with Gasteiger partial charge < -0.3 is 0 Å². The molecule has 0 bridgehead atoms. The molecule has 1 saturated carbocycles. The van der Waals surface area contributed by atoms with Gasteiger partial charge in [-0.2, -0.15) is 11.8 Å². The van der Waals surface area contributed by atoms with Crippen molar-refractivity contribution in [2.24, 2.45) is 0 Å². The van der Waals surface area contributed by atoms with Crippen LogP contribution in [0.3, 0.4) is 0 Å². The van der Waals surface area contributed by atoms with E-state index in [0.717, 1.165) is 19.5 Å². The molecule has 1 nitrogen and oxygen atoms in total. The first kappa shape index (κ1) is 9.53. The first-order valence-corrected chi connectivity index (χ1v) is 6.09. The topological polar surface area (TPSA) is 3.24 Å². The van der Waals surface area contributed by atoms with Gasteiger partial charge in [-0.3, -0.25) is 4.90 Å². The third-order valence-electron chi connectivity index (χ3n) is 2.94. The minimum Gasteiger partial charge on any atom is -0.295 e. The summed E-state index contributed by atoms with van der Waals surface area (Å²) in [4.78, 5) is 2.25. The molecule has 0 N–H and O–H groups in total. The Kier molecular flexibility index (Phi) is 2.65. The summed E-state index contributed by atoms with van der Waals surface area (Å²) in [5.74, 6) is 0.0585. The van der Waals surface area contributed by atoms with E-state index in [2.05, 4.69) is 11.2 Å². The molecule has 1 aliphatic carbocycles. The summed E-state index contributed by atoms with van der Waals surface area (Å²) < 4.78 is 13.4. The molecule has 1 heterocycles. The molecule has 1 fully saturated rings. The van der Waals surface area contributed by atoms with Gasteiger partial charge in [0.1, 0.15) is 5.83 Å².